The number of rotatable bonds is 3. The van der Waals surface area contributed by atoms with E-state index in [2.05, 4.69) is 23.6 Å². The van der Waals surface area contributed by atoms with Gasteiger partial charge in [-0.3, -0.25) is 4.79 Å². The van der Waals surface area contributed by atoms with E-state index in [1.165, 1.54) is 5.56 Å². The molecule has 3 heteroatoms. The van der Waals surface area contributed by atoms with Crippen LogP contribution in [0.15, 0.2) is 24.3 Å². The van der Waals surface area contributed by atoms with Crippen LogP contribution in [0, 0.1) is 5.41 Å². The van der Waals surface area contributed by atoms with Crippen molar-refractivity contribution in [1.29, 1.82) is 0 Å². The molecule has 1 fully saturated rings. The van der Waals surface area contributed by atoms with E-state index in [1.54, 1.807) is 0 Å². The Morgan fingerprint density at radius 1 is 1.53 bits per heavy atom. The second-order valence-electron chi connectivity index (χ2n) is 5.00. The van der Waals surface area contributed by atoms with Gasteiger partial charge in [-0.05, 0) is 44.0 Å². The van der Waals surface area contributed by atoms with Crippen LogP contribution in [0.1, 0.15) is 25.8 Å². The number of hydrogen-bond donors (Lipinski definition) is 2. The second kappa shape index (κ2) is 4.88. The normalized spacial score (nSPS) is 23.6. The van der Waals surface area contributed by atoms with Gasteiger partial charge in [0.25, 0.3) is 0 Å². The Hall–Kier alpha value is -1.35. The first-order valence-corrected chi connectivity index (χ1v) is 6.25. The van der Waals surface area contributed by atoms with Crippen LogP contribution in [0.4, 0.5) is 5.69 Å². The first kappa shape index (κ1) is 12.1. The summed E-state index contributed by atoms with van der Waals surface area (Å²) in [6.45, 7) is 5.83. The fraction of sp³-hybridized carbons (Fsp3) is 0.500. The molecule has 0 aliphatic carbocycles. The van der Waals surface area contributed by atoms with Crippen LogP contribution in [0.25, 0.3) is 0 Å². The van der Waals surface area contributed by atoms with Crippen molar-refractivity contribution in [2.24, 2.45) is 5.41 Å². The Bertz CT molecular complexity index is 408. The number of amides is 1. The topological polar surface area (TPSA) is 41.1 Å². The summed E-state index contributed by atoms with van der Waals surface area (Å²) in [5.74, 6) is 0.121. The van der Waals surface area contributed by atoms with Gasteiger partial charge in [-0.1, -0.05) is 19.1 Å². The molecule has 1 aromatic carbocycles. The van der Waals surface area contributed by atoms with E-state index < -0.39 is 0 Å². The fourth-order valence-electron chi connectivity index (χ4n) is 2.16. The van der Waals surface area contributed by atoms with Gasteiger partial charge in [0.15, 0.2) is 0 Å². The van der Waals surface area contributed by atoms with Crippen molar-refractivity contribution in [3.8, 4) is 0 Å². The maximum absolute atomic E-state index is 12.2. The predicted molar refractivity (Wildman–Crippen MR) is 70.0 cm³/mol. The molecular weight excluding hydrogens is 212 g/mol. The molecule has 2 N–H and O–H groups in total. The third-order valence-corrected chi connectivity index (χ3v) is 3.51. The zero-order chi connectivity index (χ0) is 12.3. The van der Waals surface area contributed by atoms with Crippen LogP contribution >= 0.6 is 0 Å². The largest absolute Gasteiger partial charge is 0.326 e. The molecule has 92 valence electrons. The lowest BCUT2D eigenvalue weighted by Crippen LogP contribution is -2.35. The van der Waals surface area contributed by atoms with Crippen molar-refractivity contribution in [1.82, 2.24) is 5.32 Å². The van der Waals surface area contributed by atoms with Crippen molar-refractivity contribution in [2.45, 2.75) is 26.7 Å². The molecule has 1 aliphatic rings. The van der Waals surface area contributed by atoms with Crippen LogP contribution in [-0.4, -0.2) is 19.0 Å². The molecule has 2 rings (SSSR count). The average molecular weight is 232 g/mol. The lowest BCUT2D eigenvalue weighted by Gasteiger charge is -2.21. The number of aryl methyl sites for hydroxylation is 1. The number of anilines is 1. The van der Waals surface area contributed by atoms with E-state index in [-0.39, 0.29) is 11.3 Å². The maximum Gasteiger partial charge on any atom is 0.231 e. The van der Waals surface area contributed by atoms with Crippen LogP contribution < -0.4 is 10.6 Å². The summed E-state index contributed by atoms with van der Waals surface area (Å²) < 4.78 is 0. The second-order valence-corrected chi connectivity index (χ2v) is 5.00. The summed E-state index contributed by atoms with van der Waals surface area (Å²) >= 11 is 0. The quantitative estimate of drug-likeness (QED) is 0.838. The van der Waals surface area contributed by atoms with E-state index in [9.17, 15) is 4.79 Å². The third-order valence-electron chi connectivity index (χ3n) is 3.51. The van der Waals surface area contributed by atoms with Crippen molar-refractivity contribution in [3.63, 3.8) is 0 Å². The molecule has 1 atom stereocenters. The van der Waals surface area contributed by atoms with Gasteiger partial charge in [0, 0.05) is 12.2 Å². The van der Waals surface area contributed by atoms with Crippen molar-refractivity contribution >= 4 is 11.6 Å². The highest BCUT2D eigenvalue weighted by Gasteiger charge is 2.36. The number of carbonyl (C=O) groups excluding carboxylic acids is 1. The number of carbonyl (C=O) groups is 1. The Kier molecular flexibility index (Phi) is 3.48. The molecule has 17 heavy (non-hydrogen) atoms. The minimum Gasteiger partial charge on any atom is -0.326 e. The lowest BCUT2D eigenvalue weighted by molar-refractivity contribution is -0.123. The molecule has 1 unspecified atom stereocenters. The lowest BCUT2D eigenvalue weighted by atomic mass is 9.88. The molecule has 0 saturated carbocycles. The van der Waals surface area contributed by atoms with Gasteiger partial charge < -0.3 is 10.6 Å². The van der Waals surface area contributed by atoms with Crippen LogP contribution in [0.2, 0.25) is 0 Å². The van der Waals surface area contributed by atoms with Gasteiger partial charge >= 0.3 is 0 Å². The van der Waals surface area contributed by atoms with Gasteiger partial charge in [-0.15, -0.1) is 0 Å². The fourth-order valence-corrected chi connectivity index (χ4v) is 2.16. The molecular formula is C14H20N2O. The summed E-state index contributed by atoms with van der Waals surface area (Å²) in [5.41, 5.74) is 1.89. The Labute approximate surface area is 103 Å². The van der Waals surface area contributed by atoms with Gasteiger partial charge in [-0.25, -0.2) is 0 Å². The first-order chi connectivity index (χ1) is 8.14. The molecule has 1 aliphatic heterocycles. The Morgan fingerprint density at radius 3 is 3.00 bits per heavy atom. The smallest absolute Gasteiger partial charge is 0.231 e. The summed E-state index contributed by atoms with van der Waals surface area (Å²) in [4.78, 5) is 12.2. The Balaban J connectivity index is 2.07. The zero-order valence-corrected chi connectivity index (χ0v) is 10.5. The minimum absolute atomic E-state index is 0.121. The average Bonchev–Trinajstić information content (AvgIpc) is 2.78. The van der Waals surface area contributed by atoms with Gasteiger partial charge in [0.2, 0.25) is 5.91 Å². The molecule has 3 nitrogen and oxygen atoms in total. The van der Waals surface area contributed by atoms with Gasteiger partial charge in [-0.2, -0.15) is 0 Å². The van der Waals surface area contributed by atoms with Crippen molar-refractivity contribution in [2.75, 3.05) is 18.4 Å². The summed E-state index contributed by atoms with van der Waals surface area (Å²) in [5, 5.41) is 6.26. The predicted octanol–water partition coefficient (Wildman–Crippen LogP) is 2.19. The van der Waals surface area contributed by atoms with E-state index in [1.807, 2.05) is 25.1 Å². The number of hydrogen-bond acceptors (Lipinski definition) is 2. The Morgan fingerprint density at radius 2 is 2.35 bits per heavy atom. The van der Waals surface area contributed by atoms with Crippen LogP contribution in [0.5, 0.6) is 0 Å². The molecule has 1 saturated heterocycles. The third kappa shape index (κ3) is 2.67. The first-order valence-electron chi connectivity index (χ1n) is 6.25. The highest BCUT2D eigenvalue weighted by atomic mass is 16.2. The molecule has 0 spiro atoms. The highest BCUT2D eigenvalue weighted by molar-refractivity contribution is 5.95. The summed E-state index contributed by atoms with van der Waals surface area (Å²) in [6, 6.07) is 8.06. The summed E-state index contributed by atoms with van der Waals surface area (Å²) in [6.07, 6.45) is 1.90. The molecule has 0 bridgehead atoms. The van der Waals surface area contributed by atoms with E-state index in [4.69, 9.17) is 0 Å². The molecule has 0 radical (unpaired) electrons. The molecule has 1 heterocycles. The monoisotopic (exact) mass is 232 g/mol. The highest BCUT2D eigenvalue weighted by Crippen LogP contribution is 2.26. The van der Waals surface area contributed by atoms with Crippen LogP contribution in [-0.2, 0) is 11.2 Å². The zero-order valence-electron chi connectivity index (χ0n) is 10.5. The van der Waals surface area contributed by atoms with Crippen molar-refractivity contribution in [3.05, 3.63) is 29.8 Å². The summed E-state index contributed by atoms with van der Waals surface area (Å²) in [7, 11) is 0. The minimum atomic E-state index is -0.262. The van der Waals surface area contributed by atoms with E-state index in [0.29, 0.717) is 0 Å². The maximum atomic E-state index is 12.2. The standard InChI is InChI=1S/C14H20N2O/c1-3-11-5-4-6-12(9-11)16-13(17)14(2)7-8-15-10-14/h4-6,9,15H,3,7-8,10H2,1-2H3,(H,16,17). The van der Waals surface area contributed by atoms with E-state index in [0.717, 1.165) is 31.6 Å². The number of nitrogens with one attached hydrogen (secondary N) is 2. The van der Waals surface area contributed by atoms with Gasteiger partial charge in [0.05, 0.1) is 5.41 Å². The number of benzene rings is 1. The SMILES string of the molecule is CCc1cccc(NC(=O)C2(C)CCNC2)c1. The molecule has 1 amide bonds. The van der Waals surface area contributed by atoms with E-state index >= 15 is 0 Å². The molecule has 0 aromatic heterocycles. The van der Waals surface area contributed by atoms with Crippen LogP contribution in [0.3, 0.4) is 0 Å². The molecule has 1 aromatic rings. The van der Waals surface area contributed by atoms with Gasteiger partial charge in [0.1, 0.15) is 0 Å². The van der Waals surface area contributed by atoms with Crippen molar-refractivity contribution < 1.29 is 4.79 Å².